The van der Waals surface area contributed by atoms with E-state index in [0.29, 0.717) is 24.1 Å². The zero-order valence-electron chi connectivity index (χ0n) is 11.6. The lowest BCUT2D eigenvalue weighted by atomic mass is 10.0. The van der Waals surface area contributed by atoms with Crippen LogP contribution in [0.25, 0.3) is 0 Å². The maximum absolute atomic E-state index is 12.3. The molecule has 0 aliphatic carbocycles. The van der Waals surface area contributed by atoms with Gasteiger partial charge in [-0.05, 0) is 47.7 Å². The summed E-state index contributed by atoms with van der Waals surface area (Å²) in [4.78, 5) is 14.1. The topological polar surface area (TPSA) is 45.5 Å². The zero-order chi connectivity index (χ0) is 14.7. The first-order chi connectivity index (χ1) is 10.2. The van der Waals surface area contributed by atoms with Gasteiger partial charge in [-0.2, -0.15) is 0 Å². The fraction of sp³-hybridized carbons (Fsp3) is 0.312. The highest BCUT2D eigenvalue weighted by Gasteiger charge is 2.18. The summed E-state index contributed by atoms with van der Waals surface area (Å²) in [6.45, 7) is 1.77. The van der Waals surface area contributed by atoms with E-state index in [1.54, 1.807) is 12.1 Å². The third-order valence-corrected chi connectivity index (χ3v) is 3.89. The quantitative estimate of drug-likeness (QED) is 0.921. The van der Waals surface area contributed by atoms with Gasteiger partial charge in [0.05, 0.1) is 6.54 Å². The van der Waals surface area contributed by atoms with Crippen molar-refractivity contribution >= 4 is 17.6 Å². The van der Waals surface area contributed by atoms with E-state index in [2.05, 4.69) is 23.5 Å². The van der Waals surface area contributed by atoms with E-state index in [0.717, 1.165) is 19.4 Å². The highest BCUT2D eigenvalue weighted by Crippen LogP contribution is 2.18. The van der Waals surface area contributed by atoms with Gasteiger partial charge in [-0.25, -0.2) is 4.79 Å². The zero-order valence-corrected chi connectivity index (χ0v) is 12.4. The van der Waals surface area contributed by atoms with Crippen LogP contribution in [0.5, 0.6) is 0 Å². The van der Waals surface area contributed by atoms with Gasteiger partial charge in [0, 0.05) is 13.1 Å². The van der Waals surface area contributed by atoms with Gasteiger partial charge in [0.2, 0.25) is 0 Å². The Kier molecular flexibility index (Phi) is 4.15. The molecule has 1 aromatic heterocycles. The predicted molar refractivity (Wildman–Crippen MR) is 81.1 cm³/mol. The summed E-state index contributed by atoms with van der Waals surface area (Å²) in [6.07, 6.45) is 2.00. The predicted octanol–water partition coefficient (Wildman–Crippen LogP) is 3.59. The summed E-state index contributed by atoms with van der Waals surface area (Å²) in [5, 5.41) is 3.21. The number of hydrogen-bond donors (Lipinski definition) is 1. The maximum atomic E-state index is 12.3. The van der Waals surface area contributed by atoms with Crippen molar-refractivity contribution in [2.24, 2.45) is 0 Å². The number of benzene rings is 1. The second kappa shape index (κ2) is 6.22. The standard InChI is InChI=1S/C16H17ClN2O2/c17-15-8-7-14(21-15)10-18-16(20)19-9-3-6-12-4-1-2-5-13(12)11-19/h1-2,4-5,7-8H,3,6,9-11H2,(H,18,20). The first kappa shape index (κ1) is 14.0. The van der Waals surface area contributed by atoms with Crippen molar-refractivity contribution in [3.05, 3.63) is 58.5 Å². The fourth-order valence-corrected chi connectivity index (χ4v) is 2.76. The van der Waals surface area contributed by atoms with Gasteiger partial charge in [0.1, 0.15) is 5.76 Å². The SMILES string of the molecule is O=C(NCc1ccc(Cl)o1)N1CCCc2ccccc2C1. The highest BCUT2D eigenvalue weighted by molar-refractivity contribution is 6.28. The van der Waals surface area contributed by atoms with Crippen molar-refractivity contribution in [2.45, 2.75) is 25.9 Å². The molecule has 0 radical (unpaired) electrons. The normalized spacial score (nSPS) is 14.4. The van der Waals surface area contributed by atoms with Gasteiger partial charge < -0.3 is 14.6 Å². The van der Waals surface area contributed by atoms with Gasteiger partial charge in [-0.3, -0.25) is 0 Å². The Labute approximate surface area is 128 Å². The molecule has 5 heteroatoms. The summed E-state index contributed by atoms with van der Waals surface area (Å²) in [6, 6.07) is 11.7. The summed E-state index contributed by atoms with van der Waals surface area (Å²) in [7, 11) is 0. The van der Waals surface area contributed by atoms with Crippen LogP contribution in [-0.4, -0.2) is 17.5 Å². The number of carbonyl (C=O) groups is 1. The van der Waals surface area contributed by atoms with E-state index in [9.17, 15) is 4.79 Å². The first-order valence-corrected chi connectivity index (χ1v) is 7.44. The summed E-state index contributed by atoms with van der Waals surface area (Å²) < 4.78 is 5.23. The van der Waals surface area contributed by atoms with Crippen LogP contribution in [0, 0.1) is 0 Å². The van der Waals surface area contributed by atoms with Gasteiger partial charge in [0.25, 0.3) is 0 Å². The lowest BCUT2D eigenvalue weighted by molar-refractivity contribution is 0.194. The van der Waals surface area contributed by atoms with E-state index >= 15 is 0 Å². The molecule has 1 aromatic carbocycles. The average Bonchev–Trinajstić information content (AvgIpc) is 2.79. The number of fused-ring (bicyclic) bond motifs is 1. The maximum Gasteiger partial charge on any atom is 0.318 e. The minimum atomic E-state index is -0.0702. The molecule has 0 atom stereocenters. The number of nitrogens with one attached hydrogen (secondary N) is 1. The molecular weight excluding hydrogens is 288 g/mol. The molecule has 0 saturated carbocycles. The van der Waals surface area contributed by atoms with Crippen LogP contribution in [0.15, 0.2) is 40.8 Å². The average molecular weight is 305 g/mol. The second-order valence-corrected chi connectivity index (χ2v) is 5.53. The molecule has 4 nitrogen and oxygen atoms in total. The summed E-state index contributed by atoms with van der Waals surface area (Å²) >= 11 is 5.71. The Morgan fingerprint density at radius 2 is 2.05 bits per heavy atom. The first-order valence-electron chi connectivity index (χ1n) is 7.06. The monoisotopic (exact) mass is 304 g/mol. The number of hydrogen-bond acceptors (Lipinski definition) is 2. The molecule has 0 unspecified atom stereocenters. The third kappa shape index (κ3) is 3.39. The van der Waals surface area contributed by atoms with Crippen LogP contribution >= 0.6 is 11.6 Å². The number of aryl methyl sites for hydroxylation is 1. The molecule has 2 amide bonds. The van der Waals surface area contributed by atoms with E-state index in [1.165, 1.54) is 11.1 Å². The van der Waals surface area contributed by atoms with E-state index in [1.807, 2.05) is 11.0 Å². The van der Waals surface area contributed by atoms with Gasteiger partial charge in [-0.1, -0.05) is 24.3 Å². The summed E-state index contributed by atoms with van der Waals surface area (Å²) in [5.74, 6) is 0.656. The minimum Gasteiger partial charge on any atom is -0.448 e. The van der Waals surface area contributed by atoms with Crippen LogP contribution in [0.3, 0.4) is 0 Å². The molecular formula is C16H17ClN2O2. The molecule has 1 aliphatic rings. The number of carbonyl (C=O) groups excluding carboxylic acids is 1. The molecule has 0 spiro atoms. The van der Waals surface area contributed by atoms with Crippen LogP contribution in [-0.2, 0) is 19.5 Å². The Morgan fingerprint density at radius 1 is 1.24 bits per heavy atom. The molecule has 21 heavy (non-hydrogen) atoms. The molecule has 0 fully saturated rings. The summed E-state index contributed by atoms with van der Waals surface area (Å²) in [5.41, 5.74) is 2.57. The van der Waals surface area contributed by atoms with Gasteiger partial charge >= 0.3 is 6.03 Å². The second-order valence-electron chi connectivity index (χ2n) is 5.16. The number of nitrogens with zero attached hydrogens (tertiary/aromatic N) is 1. The lowest BCUT2D eigenvalue weighted by Crippen LogP contribution is -2.39. The number of furan rings is 1. The van der Waals surface area contributed by atoms with E-state index < -0.39 is 0 Å². The van der Waals surface area contributed by atoms with Crippen LogP contribution in [0.4, 0.5) is 4.79 Å². The number of amides is 2. The molecule has 1 aliphatic heterocycles. The number of halogens is 1. The molecule has 110 valence electrons. The van der Waals surface area contributed by atoms with Crippen LogP contribution < -0.4 is 5.32 Å². The van der Waals surface area contributed by atoms with Crippen LogP contribution in [0.2, 0.25) is 5.22 Å². The molecule has 0 saturated heterocycles. The van der Waals surface area contributed by atoms with Crippen molar-refractivity contribution in [2.75, 3.05) is 6.54 Å². The molecule has 3 rings (SSSR count). The van der Waals surface area contributed by atoms with Crippen molar-refractivity contribution in [1.29, 1.82) is 0 Å². The van der Waals surface area contributed by atoms with Gasteiger partial charge in [0.15, 0.2) is 5.22 Å². The Morgan fingerprint density at radius 3 is 2.81 bits per heavy atom. The van der Waals surface area contributed by atoms with Crippen molar-refractivity contribution < 1.29 is 9.21 Å². The highest BCUT2D eigenvalue weighted by atomic mass is 35.5. The lowest BCUT2D eigenvalue weighted by Gasteiger charge is -2.21. The van der Waals surface area contributed by atoms with Crippen molar-refractivity contribution in [1.82, 2.24) is 10.2 Å². The number of urea groups is 1. The molecule has 2 aromatic rings. The smallest absolute Gasteiger partial charge is 0.318 e. The molecule has 1 N–H and O–H groups in total. The van der Waals surface area contributed by atoms with Crippen molar-refractivity contribution in [3.63, 3.8) is 0 Å². The van der Waals surface area contributed by atoms with Gasteiger partial charge in [-0.15, -0.1) is 0 Å². The van der Waals surface area contributed by atoms with E-state index in [-0.39, 0.29) is 6.03 Å². The molecule has 2 heterocycles. The largest absolute Gasteiger partial charge is 0.448 e. The third-order valence-electron chi connectivity index (χ3n) is 3.68. The fourth-order valence-electron chi connectivity index (χ4n) is 2.60. The Bertz CT molecular complexity index is 639. The van der Waals surface area contributed by atoms with E-state index in [4.69, 9.17) is 16.0 Å². The van der Waals surface area contributed by atoms with Crippen LogP contribution in [0.1, 0.15) is 23.3 Å². The van der Waals surface area contributed by atoms with Crippen molar-refractivity contribution in [3.8, 4) is 0 Å². The molecule has 0 bridgehead atoms. The Hall–Kier alpha value is -1.94. The number of rotatable bonds is 2. The minimum absolute atomic E-state index is 0.0702. The Balaban J connectivity index is 1.62.